The van der Waals surface area contributed by atoms with Crippen LogP contribution in [0.4, 0.5) is 11.4 Å². The van der Waals surface area contributed by atoms with Crippen molar-refractivity contribution in [1.29, 1.82) is 0 Å². The molecule has 44 heavy (non-hydrogen) atoms. The summed E-state index contributed by atoms with van der Waals surface area (Å²) < 4.78 is 0. The fourth-order valence-corrected chi connectivity index (χ4v) is 6.31. The van der Waals surface area contributed by atoms with Crippen molar-refractivity contribution >= 4 is 68.8 Å². The SMILES string of the molecule is Cc1ccc2nc(SCC(=O)Nc3ccc(-c4ccc(NC(=O)CSc5nc6ccc(C)cc6[nH]5)c(C)c4)cc3C)[nH]c2c1. The van der Waals surface area contributed by atoms with Gasteiger partial charge in [0.15, 0.2) is 10.3 Å². The lowest BCUT2D eigenvalue weighted by atomic mass is 10.00. The van der Waals surface area contributed by atoms with Crippen molar-refractivity contribution in [3.8, 4) is 11.1 Å². The van der Waals surface area contributed by atoms with E-state index in [0.29, 0.717) is 0 Å². The van der Waals surface area contributed by atoms with Crippen LogP contribution in [0.3, 0.4) is 0 Å². The van der Waals surface area contributed by atoms with Crippen molar-refractivity contribution in [2.45, 2.75) is 38.0 Å². The third-order valence-corrected chi connectivity index (χ3v) is 8.99. The molecule has 4 N–H and O–H groups in total. The van der Waals surface area contributed by atoms with E-state index in [9.17, 15) is 9.59 Å². The molecular weight excluding hydrogens is 589 g/mol. The summed E-state index contributed by atoms with van der Waals surface area (Å²) in [6.45, 7) is 8.04. The lowest BCUT2D eigenvalue weighted by molar-refractivity contribution is -0.114. The van der Waals surface area contributed by atoms with Gasteiger partial charge in [-0.15, -0.1) is 0 Å². The van der Waals surface area contributed by atoms with Crippen molar-refractivity contribution < 1.29 is 9.59 Å². The monoisotopic (exact) mass is 620 g/mol. The zero-order chi connectivity index (χ0) is 30.8. The van der Waals surface area contributed by atoms with Crippen LogP contribution in [-0.2, 0) is 9.59 Å². The summed E-state index contributed by atoms with van der Waals surface area (Å²) in [6.07, 6.45) is 0. The van der Waals surface area contributed by atoms with Crippen LogP contribution in [0.15, 0.2) is 83.1 Å². The number of aryl methyl sites for hydroxylation is 4. The molecule has 0 bridgehead atoms. The summed E-state index contributed by atoms with van der Waals surface area (Å²) in [6, 6.07) is 24.1. The van der Waals surface area contributed by atoms with Crippen molar-refractivity contribution in [2.75, 3.05) is 22.1 Å². The highest BCUT2D eigenvalue weighted by atomic mass is 32.2. The lowest BCUT2D eigenvalue weighted by Gasteiger charge is -2.13. The number of anilines is 2. The Morgan fingerprint density at radius 3 is 1.45 bits per heavy atom. The van der Waals surface area contributed by atoms with Gasteiger partial charge in [0.2, 0.25) is 11.8 Å². The van der Waals surface area contributed by atoms with E-state index in [4.69, 9.17) is 0 Å². The van der Waals surface area contributed by atoms with Gasteiger partial charge >= 0.3 is 0 Å². The van der Waals surface area contributed by atoms with Crippen LogP contribution >= 0.6 is 23.5 Å². The van der Waals surface area contributed by atoms with Gasteiger partial charge in [0, 0.05) is 11.4 Å². The van der Waals surface area contributed by atoms with E-state index in [1.165, 1.54) is 23.5 Å². The molecule has 0 fully saturated rings. The minimum atomic E-state index is -0.0907. The highest BCUT2D eigenvalue weighted by Crippen LogP contribution is 2.29. The number of carbonyl (C=O) groups excluding carboxylic acids is 2. The number of nitrogens with one attached hydrogen (secondary N) is 4. The van der Waals surface area contributed by atoms with Crippen LogP contribution in [0.5, 0.6) is 0 Å². The molecule has 6 aromatic rings. The molecule has 0 saturated heterocycles. The zero-order valence-corrected chi connectivity index (χ0v) is 26.5. The number of imidazole rings is 2. The van der Waals surface area contributed by atoms with Gasteiger partial charge in [0.1, 0.15) is 0 Å². The number of aromatic nitrogens is 4. The summed E-state index contributed by atoms with van der Waals surface area (Å²) >= 11 is 2.76. The Bertz CT molecular complexity index is 1880. The summed E-state index contributed by atoms with van der Waals surface area (Å²) in [5.74, 6) is 0.324. The van der Waals surface area contributed by atoms with Crippen molar-refractivity contribution in [3.63, 3.8) is 0 Å². The number of hydrogen-bond acceptors (Lipinski definition) is 6. The van der Waals surface area contributed by atoms with E-state index in [0.717, 1.165) is 77.1 Å². The third-order valence-electron chi connectivity index (χ3n) is 7.25. The minimum Gasteiger partial charge on any atom is -0.333 e. The quantitative estimate of drug-likeness (QED) is 0.123. The predicted molar refractivity (Wildman–Crippen MR) is 182 cm³/mol. The fourth-order valence-electron chi connectivity index (χ4n) is 4.94. The number of hydrogen-bond donors (Lipinski definition) is 4. The van der Waals surface area contributed by atoms with Crippen molar-refractivity contribution in [2.24, 2.45) is 0 Å². The standard InChI is InChI=1S/C34H32N6O2S2/c1-19-5-9-27-29(13-19)39-33(37-27)43-17-31(41)35-25-11-7-23(15-21(25)3)24-8-12-26(22(4)16-24)36-32(42)18-44-34-38-28-10-6-20(2)14-30(28)40-34/h5-16H,17-18H2,1-4H3,(H,35,41)(H,36,42)(H,37,39)(H,38,40). The summed E-state index contributed by atoms with van der Waals surface area (Å²) in [5.41, 5.74) is 11.6. The number of fused-ring (bicyclic) bond motifs is 2. The molecule has 10 heteroatoms. The van der Waals surface area contributed by atoms with E-state index in [1.807, 2.05) is 88.4 Å². The number of H-pyrrole nitrogens is 2. The smallest absolute Gasteiger partial charge is 0.234 e. The van der Waals surface area contributed by atoms with E-state index in [-0.39, 0.29) is 23.3 Å². The van der Waals surface area contributed by atoms with Gasteiger partial charge < -0.3 is 20.6 Å². The van der Waals surface area contributed by atoms with Crippen molar-refractivity contribution in [3.05, 3.63) is 95.1 Å². The molecule has 2 aromatic heterocycles. The normalized spacial score (nSPS) is 11.3. The van der Waals surface area contributed by atoms with E-state index in [2.05, 4.69) is 42.7 Å². The molecule has 0 unspecified atom stereocenters. The van der Waals surface area contributed by atoms with Crippen molar-refractivity contribution in [1.82, 2.24) is 19.9 Å². The predicted octanol–water partition coefficient (Wildman–Crippen LogP) is 7.80. The molecule has 0 aliphatic rings. The molecule has 0 aliphatic carbocycles. The van der Waals surface area contributed by atoms with Crippen LogP contribution in [0, 0.1) is 27.7 Å². The molecule has 0 atom stereocenters. The second-order valence-electron chi connectivity index (χ2n) is 10.9. The van der Waals surface area contributed by atoms with E-state index in [1.54, 1.807) is 0 Å². The molecule has 2 heterocycles. The number of nitrogens with zero attached hydrogens (tertiary/aromatic N) is 2. The third kappa shape index (κ3) is 6.82. The Labute approximate surface area is 263 Å². The zero-order valence-electron chi connectivity index (χ0n) is 24.9. The van der Waals surface area contributed by atoms with Crippen LogP contribution < -0.4 is 10.6 Å². The van der Waals surface area contributed by atoms with Gasteiger partial charge in [0.25, 0.3) is 0 Å². The molecule has 6 rings (SSSR count). The molecular formula is C34H32N6O2S2. The number of amides is 2. The molecule has 0 saturated carbocycles. The average Bonchev–Trinajstić information content (AvgIpc) is 3.59. The minimum absolute atomic E-state index is 0.0907. The Hall–Kier alpha value is -4.54. The Morgan fingerprint density at radius 2 is 1.05 bits per heavy atom. The van der Waals surface area contributed by atoms with E-state index < -0.39 is 0 Å². The molecule has 222 valence electrons. The Morgan fingerprint density at radius 1 is 0.614 bits per heavy atom. The second kappa shape index (κ2) is 12.6. The largest absolute Gasteiger partial charge is 0.333 e. The first-order valence-electron chi connectivity index (χ1n) is 14.2. The lowest BCUT2D eigenvalue weighted by Crippen LogP contribution is -2.15. The van der Waals surface area contributed by atoms with Gasteiger partial charge in [-0.05, 0) is 110 Å². The van der Waals surface area contributed by atoms with Gasteiger partial charge in [-0.1, -0.05) is 47.8 Å². The number of thioether (sulfide) groups is 2. The first-order chi connectivity index (χ1) is 21.2. The maximum atomic E-state index is 12.7. The highest BCUT2D eigenvalue weighted by Gasteiger charge is 2.12. The van der Waals surface area contributed by atoms with Gasteiger partial charge in [-0.25, -0.2) is 9.97 Å². The molecule has 0 radical (unpaired) electrons. The first kappa shape index (κ1) is 29.5. The first-order valence-corrected chi connectivity index (χ1v) is 16.2. The maximum Gasteiger partial charge on any atom is 0.234 e. The summed E-state index contributed by atoms with van der Waals surface area (Å²) in [7, 11) is 0. The molecule has 0 spiro atoms. The highest BCUT2D eigenvalue weighted by molar-refractivity contribution is 8.00. The molecule has 0 aliphatic heterocycles. The van der Waals surface area contributed by atoms with Gasteiger partial charge in [-0.2, -0.15) is 0 Å². The Kier molecular flexibility index (Phi) is 8.45. The average molecular weight is 621 g/mol. The van der Waals surface area contributed by atoms with Crippen LogP contribution in [0.2, 0.25) is 0 Å². The Balaban J connectivity index is 1.03. The fraction of sp³-hybridized carbons (Fsp3) is 0.176. The second-order valence-corrected chi connectivity index (χ2v) is 12.8. The molecule has 8 nitrogen and oxygen atoms in total. The van der Waals surface area contributed by atoms with Crippen LogP contribution in [-0.4, -0.2) is 43.3 Å². The molecule has 4 aromatic carbocycles. The number of benzene rings is 4. The van der Waals surface area contributed by atoms with E-state index >= 15 is 0 Å². The van der Waals surface area contributed by atoms with Crippen LogP contribution in [0.25, 0.3) is 33.2 Å². The van der Waals surface area contributed by atoms with Gasteiger partial charge in [0.05, 0.1) is 33.6 Å². The number of carbonyl (C=O) groups is 2. The topological polar surface area (TPSA) is 116 Å². The summed E-state index contributed by atoms with van der Waals surface area (Å²) in [5, 5.41) is 7.49. The molecule has 2 amide bonds. The number of rotatable bonds is 9. The van der Waals surface area contributed by atoms with Gasteiger partial charge in [-0.3, -0.25) is 9.59 Å². The number of aromatic amines is 2. The van der Waals surface area contributed by atoms with Crippen LogP contribution in [0.1, 0.15) is 22.3 Å². The summed E-state index contributed by atoms with van der Waals surface area (Å²) in [4.78, 5) is 41.1. The maximum absolute atomic E-state index is 12.7.